The highest BCUT2D eigenvalue weighted by Gasteiger charge is 2.24. The minimum atomic E-state index is -3.44. The van der Waals surface area contributed by atoms with Crippen LogP contribution in [-0.2, 0) is 19.6 Å². The summed E-state index contributed by atoms with van der Waals surface area (Å²) < 4.78 is 23.9. The molecule has 0 heterocycles. The third-order valence-corrected chi connectivity index (χ3v) is 4.23. The second-order valence-corrected chi connectivity index (χ2v) is 6.78. The van der Waals surface area contributed by atoms with E-state index in [9.17, 15) is 18.0 Å². The van der Waals surface area contributed by atoms with Gasteiger partial charge >= 0.3 is 5.97 Å². The standard InChI is InChI=1S/C10H20N2O5S/c1-7(2)9(10(14)15)11-8(13)5-6-18(16,17)12(3)4/h7,9H,5-6H2,1-4H3,(H,11,13)(H,14,15)/t9-/m0/s1. The van der Waals surface area contributed by atoms with Gasteiger partial charge in [0.2, 0.25) is 15.9 Å². The molecular weight excluding hydrogens is 260 g/mol. The van der Waals surface area contributed by atoms with Crippen LogP contribution in [0, 0.1) is 5.92 Å². The van der Waals surface area contributed by atoms with E-state index in [-0.39, 0.29) is 18.1 Å². The Kier molecular flexibility index (Phi) is 6.27. The zero-order valence-electron chi connectivity index (χ0n) is 11.0. The number of amides is 1. The summed E-state index contributed by atoms with van der Waals surface area (Å²) in [7, 11) is -0.692. The van der Waals surface area contributed by atoms with Gasteiger partial charge in [0.05, 0.1) is 5.75 Å². The molecule has 0 rings (SSSR count). The van der Waals surface area contributed by atoms with E-state index in [2.05, 4.69) is 5.32 Å². The zero-order chi connectivity index (χ0) is 14.5. The molecular formula is C10H20N2O5S. The molecule has 0 unspecified atom stereocenters. The number of rotatable bonds is 7. The number of carbonyl (C=O) groups excluding carboxylic acids is 1. The minimum Gasteiger partial charge on any atom is -0.480 e. The van der Waals surface area contributed by atoms with Crippen molar-refractivity contribution in [1.82, 2.24) is 9.62 Å². The molecule has 0 aliphatic rings. The summed E-state index contributed by atoms with van der Waals surface area (Å²) in [6, 6.07) is -1.00. The largest absolute Gasteiger partial charge is 0.480 e. The number of sulfonamides is 1. The number of nitrogens with zero attached hydrogens (tertiary/aromatic N) is 1. The van der Waals surface area contributed by atoms with Gasteiger partial charge in [-0.05, 0) is 5.92 Å². The molecule has 0 saturated carbocycles. The summed E-state index contributed by atoms with van der Waals surface area (Å²) in [6.45, 7) is 3.32. The van der Waals surface area contributed by atoms with E-state index in [0.29, 0.717) is 0 Å². The second kappa shape index (κ2) is 6.69. The third kappa shape index (κ3) is 5.46. The lowest BCUT2D eigenvalue weighted by molar-refractivity contribution is -0.143. The van der Waals surface area contributed by atoms with Gasteiger partial charge in [-0.2, -0.15) is 0 Å². The molecule has 0 bridgehead atoms. The Morgan fingerprint density at radius 3 is 2.11 bits per heavy atom. The van der Waals surface area contributed by atoms with Crippen LogP contribution in [0.2, 0.25) is 0 Å². The molecule has 1 amide bonds. The first-order valence-corrected chi connectivity index (χ1v) is 7.11. The van der Waals surface area contributed by atoms with Crippen molar-refractivity contribution in [2.24, 2.45) is 5.92 Å². The van der Waals surface area contributed by atoms with Gasteiger partial charge in [0.1, 0.15) is 6.04 Å². The lowest BCUT2D eigenvalue weighted by Crippen LogP contribution is -2.45. The smallest absolute Gasteiger partial charge is 0.326 e. The van der Waals surface area contributed by atoms with Crippen LogP contribution in [0.25, 0.3) is 0 Å². The molecule has 8 heteroatoms. The molecule has 0 aromatic heterocycles. The Labute approximate surface area is 107 Å². The third-order valence-electron chi connectivity index (χ3n) is 2.39. The molecule has 18 heavy (non-hydrogen) atoms. The van der Waals surface area contributed by atoms with Crippen molar-refractivity contribution in [2.45, 2.75) is 26.3 Å². The molecule has 2 N–H and O–H groups in total. The van der Waals surface area contributed by atoms with Crippen molar-refractivity contribution in [3.63, 3.8) is 0 Å². The minimum absolute atomic E-state index is 0.253. The van der Waals surface area contributed by atoms with Crippen molar-refractivity contribution < 1.29 is 23.1 Å². The van der Waals surface area contributed by atoms with Crippen LogP contribution >= 0.6 is 0 Å². The first-order valence-electron chi connectivity index (χ1n) is 5.50. The SMILES string of the molecule is CC(C)[C@H](NC(=O)CCS(=O)(=O)N(C)C)C(=O)O. The number of aliphatic carboxylic acids is 1. The fraction of sp³-hybridized carbons (Fsp3) is 0.800. The summed E-state index contributed by atoms with van der Waals surface area (Å²) >= 11 is 0. The zero-order valence-corrected chi connectivity index (χ0v) is 11.8. The van der Waals surface area contributed by atoms with E-state index in [1.54, 1.807) is 13.8 Å². The summed E-state index contributed by atoms with van der Waals surface area (Å²) in [5.41, 5.74) is 0. The van der Waals surface area contributed by atoms with E-state index in [0.717, 1.165) is 4.31 Å². The van der Waals surface area contributed by atoms with Gasteiger partial charge in [-0.3, -0.25) is 4.79 Å². The van der Waals surface area contributed by atoms with Crippen LogP contribution in [0.4, 0.5) is 0 Å². The van der Waals surface area contributed by atoms with Crippen LogP contribution in [0.1, 0.15) is 20.3 Å². The number of nitrogens with one attached hydrogen (secondary N) is 1. The van der Waals surface area contributed by atoms with E-state index in [4.69, 9.17) is 5.11 Å². The Balaban J connectivity index is 4.40. The molecule has 0 radical (unpaired) electrons. The molecule has 7 nitrogen and oxygen atoms in total. The van der Waals surface area contributed by atoms with Crippen LogP contribution in [0.15, 0.2) is 0 Å². The molecule has 0 spiro atoms. The number of carbonyl (C=O) groups is 2. The highest BCUT2D eigenvalue weighted by molar-refractivity contribution is 7.89. The number of hydrogen-bond donors (Lipinski definition) is 2. The summed E-state index contributed by atoms with van der Waals surface area (Å²) in [6.07, 6.45) is -0.253. The second-order valence-electron chi connectivity index (χ2n) is 4.48. The van der Waals surface area contributed by atoms with Crippen LogP contribution in [-0.4, -0.2) is 55.6 Å². The fourth-order valence-electron chi connectivity index (χ4n) is 1.16. The lowest BCUT2D eigenvalue weighted by atomic mass is 10.0. The predicted molar refractivity (Wildman–Crippen MR) is 66.5 cm³/mol. The van der Waals surface area contributed by atoms with Gasteiger partial charge in [0.25, 0.3) is 0 Å². The highest BCUT2D eigenvalue weighted by atomic mass is 32.2. The van der Waals surface area contributed by atoms with Crippen molar-refractivity contribution in [1.29, 1.82) is 0 Å². The molecule has 106 valence electrons. The van der Waals surface area contributed by atoms with Gasteiger partial charge in [-0.15, -0.1) is 0 Å². The summed E-state index contributed by atoms with van der Waals surface area (Å²) in [5, 5.41) is 11.2. The van der Waals surface area contributed by atoms with Gasteiger partial charge in [-0.1, -0.05) is 13.8 Å². The topological polar surface area (TPSA) is 104 Å². The highest BCUT2D eigenvalue weighted by Crippen LogP contribution is 2.03. The molecule has 0 fully saturated rings. The van der Waals surface area contributed by atoms with Crippen LogP contribution in [0.3, 0.4) is 0 Å². The average molecular weight is 280 g/mol. The number of carboxylic acid groups (broad SMARTS) is 1. The Hall–Kier alpha value is -1.15. The quantitative estimate of drug-likeness (QED) is 0.654. The maximum Gasteiger partial charge on any atom is 0.326 e. The maximum atomic E-state index is 11.5. The monoisotopic (exact) mass is 280 g/mol. The van der Waals surface area contributed by atoms with Gasteiger partial charge in [0.15, 0.2) is 0 Å². The van der Waals surface area contributed by atoms with E-state index >= 15 is 0 Å². The lowest BCUT2D eigenvalue weighted by Gasteiger charge is -2.18. The molecule has 1 atom stereocenters. The molecule has 0 saturated heterocycles. The Morgan fingerprint density at radius 2 is 1.78 bits per heavy atom. The molecule has 0 aliphatic carbocycles. The molecule has 0 aliphatic heterocycles. The van der Waals surface area contributed by atoms with E-state index in [1.165, 1.54) is 14.1 Å². The normalized spacial score (nSPS) is 13.7. The molecule has 0 aromatic rings. The van der Waals surface area contributed by atoms with E-state index < -0.39 is 27.9 Å². The van der Waals surface area contributed by atoms with Crippen molar-refractivity contribution >= 4 is 21.9 Å². The van der Waals surface area contributed by atoms with Gasteiger partial charge in [0, 0.05) is 20.5 Å². The summed E-state index contributed by atoms with van der Waals surface area (Å²) in [5.74, 6) is -2.32. The van der Waals surface area contributed by atoms with Crippen molar-refractivity contribution in [3.05, 3.63) is 0 Å². The number of hydrogen-bond acceptors (Lipinski definition) is 4. The van der Waals surface area contributed by atoms with Crippen molar-refractivity contribution in [3.8, 4) is 0 Å². The van der Waals surface area contributed by atoms with Crippen LogP contribution in [0.5, 0.6) is 0 Å². The first-order chi connectivity index (χ1) is 8.08. The number of carboxylic acids is 1. The Bertz CT molecular complexity index is 402. The predicted octanol–water partition coefficient (Wildman–Crippen LogP) is -0.507. The van der Waals surface area contributed by atoms with Gasteiger partial charge in [-0.25, -0.2) is 17.5 Å². The maximum absolute atomic E-state index is 11.5. The van der Waals surface area contributed by atoms with Gasteiger partial charge < -0.3 is 10.4 Å². The van der Waals surface area contributed by atoms with Crippen LogP contribution < -0.4 is 5.32 Å². The Morgan fingerprint density at radius 1 is 1.28 bits per heavy atom. The first kappa shape index (κ1) is 16.9. The molecule has 0 aromatic carbocycles. The average Bonchev–Trinajstić information content (AvgIpc) is 2.22. The fourth-order valence-corrected chi connectivity index (χ4v) is 1.97. The summed E-state index contributed by atoms with van der Waals surface area (Å²) in [4.78, 5) is 22.3. The van der Waals surface area contributed by atoms with Crippen molar-refractivity contribution in [2.75, 3.05) is 19.8 Å². The van der Waals surface area contributed by atoms with E-state index in [1.807, 2.05) is 0 Å².